The largest absolute Gasteiger partial charge is 0.232 e. The summed E-state index contributed by atoms with van der Waals surface area (Å²) in [5.41, 5.74) is 6.13. The maximum atomic E-state index is 2.40. The van der Waals surface area contributed by atoms with E-state index in [-0.39, 0.29) is 10.8 Å². The molecule has 0 unspecified atom stereocenters. The molecule has 2 aromatic carbocycles. The zero-order valence-corrected chi connectivity index (χ0v) is 17.1. The second-order valence-electron chi connectivity index (χ2n) is 9.66. The van der Waals surface area contributed by atoms with Gasteiger partial charge < -0.3 is 0 Å². The Balaban J connectivity index is 2.16. The van der Waals surface area contributed by atoms with Gasteiger partial charge in [-0.1, -0.05) is 124 Å². The molecule has 0 saturated carbocycles. The van der Waals surface area contributed by atoms with Gasteiger partial charge in [0, 0.05) is 0 Å². The Morgan fingerprint density at radius 3 is 1.04 bits per heavy atom. The quantitative estimate of drug-likeness (QED) is 0.734. The first-order chi connectivity index (χ1) is 12.2. The topological polar surface area (TPSA) is 0 Å². The first kappa shape index (κ1) is 18.8. The molecule has 0 atom stereocenters. The molecule has 0 saturated heterocycles. The van der Waals surface area contributed by atoms with Gasteiger partial charge in [-0.25, -0.2) is 0 Å². The van der Waals surface area contributed by atoms with Gasteiger partial charge >= 0.3 is 0 Å². The summed E-state index contributed by atoms with van der Waals surface area (Å²) in [6, 6.07) is 17.9. The fourth-order valence-electron chi connectivity index (χ4n) is 3.67. The minimum Gasteiger partial charge on any atom is -0.109 e. The third-order valence-electron chi connectivity index (χ3n) is 4.91. The number of fused-ring (bicyclic) bond motifs is 2. The number of hydrogen-bond acceptors (Lipinski definition) is 0. The molecule has 2 aromatic rings. The lowest BCUT2D eigenvalue weighted by atomic mass is 9.24. The molecule has 3 rings (SSSR count). The van der Waals surface area contributed by atoms with Gasteiger partial charge in [-0.3, -0.25) is 0 Å². The van der Waals surface area contributed by atoms with Gasteiger partial charge in [-0.15, -0.1) is 12.0 Å². The summed E-state index contributed by atoms with van der Waals surface area (Å²) in [4.78, 5) is 0. The van der Waals surface area contributed by atoms with Crippen LogP contribution in [-0.2, 0) is 0 Å². The number of benzene rings is 2. The van der Waals surface area contributed by atoms with Crippen molar-refractivity contribution < 1.29 is 0 Å². The van der Waals surface area contributed by atoms with Crippen molar-refractivity contribution in [1.29, 1.82) is 0 Å². The van der Waals surface area contributed by atoms with Gasteiger partial charge in [0.2, 0.25) is 13.4 Å². The fourth-order valence-corrected chi connectivity index (χ4v) is 3.67. The van der Waals surface area contributed by atoms with Gasteiger partial charge in [-0.2, -0.15) is 0 Å². The lowest BCUT2D eigenvalue weighted by Gasteiger charge is -2.29. The van der Waals surface area contributed by atoms with Gasteiger partial charge in [-0.05, 0) is 10.8 Å². The van der Waals surface area contributed by atoms with E-state index in [0.29, 0.717) is 13.4 Å². The van der Waals surface area contributed by atoms with Crippen LogP contribution in [0.15, 0.2) is 72.6 Å². The van der Waals surface area contributed by atoms with Crippen LogP contribution in [0.5, 0.6) is 0 Å². The summed E-state index contributed by atoms with van der Waals surface area (Å²) >= 11 is 0. The molecule has 0 nitrogen and oxygen atoms in total. The summed E-state index contributed by atoms with van der Waals surface area (Å²) in [7, 11) is 0. The van der Waals surface area contributed by atoms with Crippen LogP contribution in [0.4, 0.5) is 0 Å². The van der Waals surface area contributed by atoms with Gasteiger partial charge in [0.15, 0.2) is 0 Å². The molecule has 0 radical (unpaired) electrons. The summed E-state index contributed by atoms with van der Waals surface area (Å²) in [5, 5.41) is 0. The monoisotopic (exact) mass is 340 g/mol. The second kappa shape index (κ2) is 6.99. The third kappa shape index (κ3) is 4.23. The van der Waals surface area contributed by atoms with E-state index in [2.05, 4.69) is 114 Å². The molecule has 1 aliphatic rings. The van der Waals surface area contributed by atoms with Crippen LogP contribution in [0.3, 0.4) is 0 Å². The Kier molecular flexibility index (Phi) is 5.06. The Labute approximate surface area is 160 Å². The minimum atomic E-state index is 0.187. The maximum absolute atomic E-state index is 2.40. The first-order valence-corrected chi connectivity index (χ1v) is 9.72. The smallest absolute Gasteiger partial charge is 0.109 e. The molecular formula is C24H30B2. The van der Waals surface area contributed by atoms with Crippen molar-refractivity contribution in [3.8, 4) is 0 Å². The summed E-state index contributed by atoms with van der Waals surface area (Å²) < 4.78 is 0. The highest BCUT2D eigenvalue weighted by molar-refractivity contribution is 7.06. The Bertz CT molecular complexity index is 714. The molecule has 0 bridgehead atoms. The highest BCUT2D eigenvalue weighted by Gasteiger charge is 2.33. The van der Waals surface area contributed by atoms with Crippen LogP contribution in [0.25, 0.3) is 0 Å². The van der Waals surface area contributed by atoms with Gasteiger partial charge in [0.05, 0.1) is 0 Å². The van der Waals surface area contributed by atoms with E-state index in [4.69, 9.17) is 0 Å². The normalized spacial score (nSPS) is 14.8. The van der Waals surface area contributed by atoms with Crippen molar-refractivity contribution in [2.24, 2.45) is 10.8 Å². The number of hydrogen-bond donors (Lipinski definition) is 0. The van der Waals surface area contributed by atoms with Crippen LogP contribution >= 0.6 is 0 Å². The van der Waals surface area contributed by atoms with Crippen LogP contribution in [0.1, 0.15) is 41.5 Å². The highest BCUT2D eigenvalue weighted by atomic mass is 14.1. The molecule has 0 aromatic heterocycles. The second-order valence-corrected chi connectivity index (χ2v) is 9.66. The van der Waals surface area contributed by atoms with Crippen molar-refractivity contribution >= 4 is 35.3 Å². The Morgan fingerprint density at radius 1 is 0.538 bits per heavy atom. The lowest BCUT2D eigenvalue weighted by molar-refractivity contribution is 0.544. The summed E-state index contributed by atoms with van der Waals surface area (Å²) in [5.74, 6) is 4.81. The van der Waals surface area contributed by atoms with Crippen molar-refractivity contribution in [1.82, 2.24) is 0 Å². The van der Waals surface area contributed by atoms with Crippen LogP contribution in [0, 0.1) is 10.8 Å². The van der Waals surface area contributed by atoms with E-state index in [0.717, 1.165) is 0 Å². The predicted octanol–water partition coefficient (Wildman–Crippen LogP) is 3.50. The average Bonchev–Trinajstić information content (AvgIpc) is 2.56. The molecule has 132 valence electrons. The zero-order valence-electron chi connectivity index (χ0n) is 17.1. The van der Waals surface area contributed by atoms with E-state index in [1.165, 1.54) is 21.9 Å². The molecule has 26 heavy (non-hydrogen) atoms. The van der Waals surface area contributed by atoms with E-state index < -0.39 is 0 Å². The van der Waals surface area contributed by atoms with Crippen molar-refractivity contribution in [2.75, 3.05) is 0 Å². The average molecular weight is 340 g/mol. The van der Waals surface area contributed by atoms with Crippen molar-refractivity contribution in [3.63, 3.8) is 0 Å². The molecule has 2 heteroatoms. The predicted molar refractivity (Wildman–Crippen MR) is 120 cm³/mol. The van der Waals surface area contributed by atoms with E-state index in [9.17, 15) is 0 Å². The van der Waals surface area contributed by atoms with Crippen LogP contribution in [-0.4, -0.2) is 13.4 Å². The number of rotatable bonds is 2. The molecule has 1 heterocycles. The first-order valence-electron chi connectivity index (χ1n) is 9.72. The van der Waals surface area contributed by atoms with Crippen molar-refractivity contribution in [2.45, 2.75) is 41.5 Å². The summed E-state index contributed by atoms with van der Waals surface area (Å²) in [6.07, 6.45) is 4.72. The molecular weight excluding hydrogens is 310 g/mol. The molecule has 0 amide bonds. The van der Waals surface area contributed by atoms with Crippen LogP contribution < -0.4 is 21.9 Å². The maximum Gasteiger partial charge on any atom is 0.232 e. The molecule has 0 spiro atoms. The summed E-state index contributed by atoms with van der Waals surface area (Å²) in [6.45, 7) is 14.2. The molecule has 0 aliphatic carbocycles. The SMILES string of the molecule is CC(C)(C)/C=C/B1c2ccccc2B(/C=C/C(C)(C)C)c2ccccc21. The van der Waals surface area contributed by atoms with Crippen LogP contribution in [0.2, 0.25) is 0 Å². The van der Waals surface area contributed by atoms with E-state index >= 15 is 0 Å². The molecule has 1 aliphatic heterocycles. The Morgan fingerprint density at radius 2 is 0.808 bits per heavy atom. The molecule has 0 fully saturated rings. The zero-order chi connectivity index (χ0) is 18.9. The third-order valence-corrected chi connectivity index (χ3v) is 4.91. The Hall–Kier alpha value is -1.95. The van der Waals surface area contributed by atoms with E-state index in [1.807, 2.05) is 0 Å². The van der Waals surface area contributed by atoms with Gasteiger partial charge in [0.25, 0.3) is 0 Å². The lowest BCUT2D eigenvalue weighted by Crippen LogP contribution is -2.67. The van der Waals surface area contributed by atoms with E-state index in [1.54, 1.807) is 0 Å². The minimum absolute atomic E-state index is 0.187. The molecule has 0 N–H and O–H groups in total. The standard InChI is InChI=1S/C24H30B2/c1-23(2,3)15-17-25-19-11-7-9-13-21(19)26(18-16-24(4,5)6)22-14-10-8-12-20(22)25/h7-18H,1-6H3/b17-15+,18-16+. The highest BCUT2D eigenvalue weighted by Crippen LogP contribution is 2.16. The van der Waals surface area contributed by atoms with Crippen molar-refractivity contribution in [3.05, 3.63) is 72.6 Å². The fraction of sp³-hybridized carbons (Fsp3) is 0.333. The van der Waals surface area contributed by atoms with Gasteiger partial charge in [0.1, 0.15) is 0 Å². The number of allylic oxidation sites excluding steroid dienone is 2.